The molecule has 112 valence electrons. The summed E-state index contributed by atoms with van der Waals surface area (Å²) in [5, 5.41) is 11.5. The molecule has 1 N–H and O–H groups in total. The van der Waals surface area contributed by atoms with Crippen LogP contribution >= 0.6 is 0 Å². The van der Waals surface area contributed by atoms with Crippen molar-refractivity contribution in [3.63, 3.8) is 0 Å². The van der Waals surface area contributed by atoms with Gasteiger partial charge in [-0.05, 0) is 58.4 Å². The molecular weight excluding hydrogens is 286 g/mol. The van der Waals surface area contributed by atoms with Crippen LogP contribution in [0.5, 0.6) is 0 Å². The number of aryl methyl sites for hydroxylation is 1. The van der Waals surface area contributed by atoms with Crippen LogP contribution in [-0.4, -0.2) is 20.9 Å². The van der Waals surface area contributed by atoms with Gasteiger partial charge in [0.2, 0.25) is 0 Å². The average Bonchev–Trinajstić information content (AvgIpc) is 2.37. The van der Waals surface area contributed by atoms with Crippen molar-refractivity contribution in [2.24, 2.45) is 4.40 Å². The van der Waals surface area contributed by atoms with Gasteiger partial charge < -0.3 is 9.87 Å². The Hall–Kier alpha value is -1.84. The quantitative estimate of drug-likeness (QED) is 0.688. The van der Waals surface area contributed by atoms with Crippen LogP contribution in [0.4, 0.5) is 5.69 Å². The first-order valence-electron chi connectivity index (χ1n) is 6.44. The van der Waals surface area contributed by atoms with E-state index in [0.717, 1.165) is 5.56 Å². The zero-order valence-electron chi connectivity index (χ0n) is 12.9. The molecule has 1 aromatic rings. The molecule has 21 heavy (non-hydrogen) atoms. The van der Waals surface area contributed by atoms with E-state index in [1.165, 1.54) is 6.92 Å². The topological polar surface area (TPSA) is 88.3 Å². The summed E-state index contributed by atoms with van der Waals surface area (Å²) in [6.45, 7) is 8.70. The van der Waals surface area contributed by atoms with Crippen LogP contribution in [0.25, 0.3) is 0 Å². The number of nitrogens with one attached hydrogen (secondary N) is 1. The molecule has 0 fully saturated rings. The van der Waals surface area contributed by atoms with Gasteiger partial charge in [-0.2, -0.15) is 5.26 Å². The second kappa shape index (κ2) is 6.74. The smallest absolute Gasteiger partial charge is 0.274 e. The third-order valence-corrected chi connectivity index (χ3v) is 4.16. The maximum absolute atomic E-state index is 12.0. The van der Waals surface area contributed by atoms with E-state index in [0.29, 0.717) is 11.3 Å². The highest BCUT2D eigenvalue weighted by Gasteiger charge is 2.27. The summed E-state index contributed by atoms with van der Waals surface area (Å²) >= 11 is -1.47. The number of benzene rings is 1. The fourth-order valence-electron chi connectivity index (χ4n) is 1.39. The number of nitriles is 1. The summed E-state index contributed by atoms with van der Waals surface area (Å²) in [7, 11) is 0. The molecule has 1 aromatic carbocycles. The largest absolute Gasteiger partial charge is 0.591 e. The van der Waals surface area contributed by atoms with E-state index < -0.39 is 22.0 Å². The van der Waals surface area contributed by atoms with Gasteiger partial charge in [0.1, 0.15) is 16.1 Å². The van der Waals surface area contributed by atoms with Crippen LogP contribution in [0.3, 0.4) is 0 Å². The Bertz CT molecular complexity index is 612. The van der Waals surface area contributed by atoms with E-state index in [-0.39, 0.29) is 5.71 Å². The van der Waals surface area contributed by atoms with E-state index in [1.807, 2.05) is 0 Å². The zero-order valence-corrected chi connectivity index (χ0v) is 13.7. The normalized spacial score (nSPS) is 13.5. The Morgan fingerprint density at radius 2 is 2.05 bits per heavy atom. The number of carbonyl (C=O) groups is 1. The van der Waals surface area contributed by atoms with Gasteiger partial charge >= 0.3 is 0 Å². The lowest BCUT2D eigenvalue weighted by atomic mass is 10.1. The molecule has 1 atom stereocenters. The molecule has 6 heteroatoms. The SMILES string of the molecule is C/C(=N\[S@@+]([O-])C(C)(C)C)C(=O)Nc1ccc(C#N)c(C)c1. The lowest BCUT2D eigenvalue weighted by Crippen LogP contribution is -2.29. The fourth-order valence-corrected chi connectivity index (χ4v) is 2.00. The summed E-state index contributed by atoms with van der Waals surface area (Å²) in [5.74, 6) is -0.406. The monoisotopic (exact) mass is 305 g/mol. The van der Waals surface area contributed by atoms with Crippen LogP contribution in [0.1, 0.15) is 38.8 Å². The molecule has 0 spiro atoms. The molecule has 0 aliphatic rings. The van der Waals surface area contributed by atoms with E-state index >= 15 is 0 Å². The van der Waals surface area contributed by atoms with Crippen LogP contribution in [0.2, 0.25) is 0 Å². The highest BCUT2D eigenvalue weighted by atomic mass is 32.2. The molecule has 0 bridgehead atoms. The van der Waals surface area contributed by atoms with Crippen molar-refractivity contribution in [1.82, 2.24) is 0 Å². The van der Waals surface area contributed by atoms with Gasteiger partial charge in [0.15, 0.2) is 5.71 Å². The standard InChI is InChI=1S/C15H19N3O2S/c1-10-8-13(7-6-12(10)9-16)17-14(19)11(2)18-21(20)15(3,4)5/h6-8H,1-5H3,(H,17,19)/b18-11+/t21-/m0/s1. The second-order valence-corrected chi connectivity index (χ2v) is 7.54. The molecule has 0 aliphatic heterocycles. The van der Waals surface area contributed by atoms with Crippen molar-refractivity contribution >= 4 is 28.7 Å². The molecule has 5 nitrogen and oxygen atoms in total. The Kier molecular flexibility index (Phi) is 5.53. The van der Waals surface area contributed by atoms with Crippen molar-refractivity contribution in [3.8, 4) is 6.07 Å². The number of nitrogens with zero attached hydrogens (tertiary/aromatic N) is 2. The minimum atomic E-state index is -1.47. The maximum Gasteiger partial charge on any atom is 0.274 e. The second-order valence-electron chi connectivity index (χ2n) is 5.63. The van der Waals surface area contributed by atoms with E-state index in [2.05, 4.69) is 15.8 Å². The van der Waals surface area contributed by atoms with Crippen LogP contribution in [0.15, 0.2) is 22.6 Å². The van der Waals surface area contributed by atoms with Crippen molar-refractivity contribution in [2.75, 3.05) is 5.32 Å². The van der Waals surface area contributed by atoms with Crippen LogP contribution < -0.4 is 5.32 Å². The Morgan fingerprint density at radius 1 is 1.43 bits per heavy atom. The third-order valence-electron chi connectivity index (χ3n) is 2.68. The van der Waals surface area contributed by atoms with Gasteiger partial charge in [0.05, 0.1) is 11.6 Å². The van der Waals surface area contributed by atoms with Gasteiger partial charge in [-0.15, -0.1) is 0 Å². The van der Waals surface area contributed by atoms with E-state index in [9.17, 15) is 9.35 Å². The molecule has 1 amide bonds. The van der Waals surface area contributed by atoms with Crippen molar-refractivity contribution in [2.45, 2.75) is 39.4 Å². The first-order valence-corrected chi connectivity index (χ1v) is 7.55. The van der Waals surface area contributed by atoms with Gasteiger partial charge in [-0.25, -0.2) is 0 Å². The molecule has 1 rings (SSSR count). The summed E-state index contributed by atoms with van der Waals surface area (Å²) in [6.07, 6.45) is 0. The molecule has 0 heterocycles. The molecule has 0 saturated heterocycles. The Balaban J connectivity index is 2.84. The number of carbonyl (C=O) groups excluding carboxylic acids is 1. The van der Waals surface area contributed by atoms with Crippen molar-refractivity contribution < 1.29 is 9.35 Å². The highest BCUT2D eigenvalue weighted by Crippen LogP contribution is 2.18. The highest BCUT2D eigenvalue weighted by molar-refractivity contribution is 7.91. The fraction of sp³-hybridized carbons (Fsp3) is 0.400. The van der Waals surface area contributed by atoms with E-state index in [4.69, 9.17) is 5.26 Å². The van der Waals surface area contributed by atoms with Crippen LogP contribution in [0, 0.1) is 18.3 Å². The summed E-state index contributed by atoms with van der Waals surface area (Å²) < 4.78 is 15.3. The molecule has 0 aliphatic carbocycles. The van der Waals surface area contributed by atoms with Crippen LogP contribution in [-0.2, 0) is 16.2 Å². The van der Waals surface area contributed by atoms with E-state index in [1.54, 1.807) is 45.9 Å². The van der Waals surface area contributed by atoms with Gasteiger partial charge in [-0.3, -0.25) is 4.79 Å². The first-order chi connectivity index (χ1) is 9.65. The Morgan fingerprint density at radius 3 is 2.52 bits per heavy atom. The lowest BCUT2D eigenvalue weighted by molar-refractivity contribution is -0.110. The predicted octanol–water partition coefficient (Wildman–Crippen LogP) is 2.73. The number of hydrogen-bond donors (Lipinski definition) is 1. The Labute approximate surface area is 128 Å². The summed E-state index contributed by atoms with van der Waals surface area (Å²) in [4.78, 5) is 12.0. The average molecular weight is 305 g/mol. The summed E-state index contributed by atoms with van der Waals surface area (Å²) in [5.41, 5.74) is 2.08. The molecule has 0 radical (unpaired) electrons. The number of rotatable bonds is 3. The lowest BCUT2D eigenvalue weighted by Gasteiger charge is -2.18. The maximum atomic E-state index is 12.0. The van der Waals surface area contributed by atoms with Crippen molar-refractivity contribution in [3.05, 3.63) is 29.3 Å². The van der Waals surface area contributed by atoms with Gasteiger partial charge in [-0.1, -0.05) is 4.40 Å². The predicted molar refractivity (Wildman–Crippen MR) is 85.5 cm³/mol. The first kappa shape index (κ1) is 17.2. The van der Waals surface area contributed by atoms with Crippen molar-refractivity contribution in [1.29, 1.82) is 5.26 Å². The number of amides is 1. The minimum absolute atomic E-state index is 0.158. The third kappa shape index (κ3) is 4.88. The zero-order chi connectivity index (χ0) is 16.2. The number of anilines is 1. The summed E-state index contributed by atoms with van der Waals surface area (Å²) in [6, 6.07) is 7.07. The molecule has 0 aromatic heterocycles. The molecule has 0 unspecified atom stereocenters. The van der Waals surface area contributed by atoms with Gasteiger partial charge in [0, 0.05) is 5.69 Å². The number of hydrogen-bond acceptors (Lipinski definition) is 4. The minimum Gasteiger partial charge on any atom is -0.591 e. The van der Waals surface area contributed by atoms with Gasteiger partial charge in [0.25, 0.3) is 5.91 Å². The molecule has 0 saturated carbocycles. The molecular formula is C15H19N3O2S.